The lowest BCUT2D eigenvalue weighted by molar-refractivity contribution is 0.584. The van der Waals surface area contributed by atoms with E-state index in [9.17, 15) is 0 Å². The molecular formula is C14H14BrN. The summed E-state index contributed by atoms with van der Waals surface area (Å²) >= 11 is 3.68. The Hall–Kier alpha value is -0.890. The van der Waals surface area contributed by atoms with Gasteiger partial charge in [-0.05, 0) is 37.0 Å². The second-order valence-corrected chi connectivity index (χ2v) is 5.49. The molecule has 1 nitrogen and oxygen atoms in total. The molecule has 0 amide bonds. The van der Waals surface area contributed by atoms with Crippen LogP contribution in [0.15, 0.2) is 45.4 Å². The highest BCUT2D eigenvalue weighted by Crippen LogP contribution is 2.46. The van der Waals surface area contributed by atoms with Crippen molar-refractivity contribution < 1.29 is 0 Å². The van der Waals surface area contributed by atoms with Crippen LogP contribution in [0.25, 0.3) is 0 Å². The average molecular weight is 276 g/mol. The first kappa shape index (κ1) is 10.3. The van der Waals surface area contributed by atoms with Gasteiger partial charge in [-0.25, -0.2) is 0 Å². The Morgan fingerprint density at radius 3 is 2.94 bits per heavy atom. The minimum Gasteiger partial charge on any atom is -0.288 e. The molecule has 3 rings (SSSR count). The van der Waals surface area contributed by atoms with E-state index in [0.29, 0.717) is 0 Å². The fourth-order valence-electron chi connectivity index (χ4n) is 2.97. The molecule has 16 heavy (non-hydrogen) atoms. The number of benzene rings is 1. The first-order valence-corrected chi connectivity index (χ1v) is 6.50. The molecule has 0 fully saturated rings. The second kappa shape index (κ2) is 3.56. The van der Waals surface area contributed by atoms with Crippen LogP contribution in [0.4, 0.5) is 0 Å². The van der Waals surface area contributed by atoms with Gasteiger partial charge in [-0.3, -0.25) is 4.99 Å². The first-order valence-electron chi connectivity index (χ1n) is 5.71. The summed E-state index contributed by atoms with van der Waals surface area (Å²) in [5.41, 5.74) is 4.26. The largest absolute Gasteiger partial charge is 0.288 e. The standard InChI is InChI=1S/C14H14BrN/c1-10-6-7-14(8-9-16-13(10)14)11-4-2-3-5-12(11)15/h2-6H,7-9H2,1H3/t14-/m1/s1. The van der Waals surface area contributed by atoms with Crippen molar-refractivity contribution in [1.82, 2.24) is 0 Å². The van der Waals surface area contributed by atoms with Crippen LogP contribution in [-0.4, -0.2) is 12.3 Å². The van der Waals surface area contributed by atoms with Gasteiger partial charge in [-0.1, -0.05) is 40.2 Å². The maximum Gasteiger partial charge on any atom is 0.0484 e. The summed E-state index contributed by atoms with van der Waals surface area (Å²) < 4.78 is 1.22. The van der Waals surface area contributed by atoms with Gasteiger partial charge < -0.3 is 0 Å². The molecule has 0 saturated carbocycles. The van der Waals surface area contributed by atoms with E-state index in [4.69, 9.17) is 4.99 Å². The summed E-state index contributed by atoms with van der Waals surface area (Å²) in [6, 6.07) is 8.56. The monoisotopic (exact) mass is 275 g/mol. The molecule has 2 heteroatoms. The Kier molecular flexibility index (Phi) is 2.28. The van der Waals surface area contributed by atoms with Crippen molar-refractivity contribution in [2.45, 2.75) is 25.2 Å². The number of hydrogen-bond acceptors (Lipinski definition) is 1. The predicted molar refractivity (Wildman–Crippen MR) is 71.1 cm³/mol. The van der Waals surface area contributed by atoms with Gasteiger partial charge in [0.05, 0.1) is 0 Å². The van der Waals surface area contributed by atoms with Crippen molar-refractivity contribution in [2.75, 3.05) is 6.54 Å². The number of fused-ring (bicyclic) bond motifs is 1. The lowest BCUT2D eigenvalue weighted by atomic mass is 9.75. The average Bonchev–Trinajstić information content (AvgIpc) is 2.82. The van der Waals surface area contributed by atoms with Gasteiger partial charge in [0.15, 0.2) is 0 Å². The maximum absolute atomic E-state index is 4.70. The number of rotatable bonds is 1. The van der Waals surface area contributed by atoms with Gasteiger partial charge in [0, 0.05) is 22.1 Å². The number of halogens is 1. The Morgan fingerprint density at radius 1 is 1.31 bits per heavy atom. The van der Waals surface area contributed by atoms with E-state index in [-0.39, 0.29) is 5.41 Å². The minimum atomic E-state index is 0.171. The third-order valence-corrected chi connectivity index (χ3v) is 4.47. The number of hydrogen-bond donors (Lipinski definition) is 0. The fraction of sp³-hybridized carbons (Fsp3) is 0.357. The van der Waals surface area contributed by atoms with E-state index >= 15 is 0 Å². The van der Waals surface area contributed by atoms with Gasteiger partial charge in [0.1, 0.15) is 0 Å². The topological polar surface area (TPSA) is 12.4 Å². The molecule has 82 valence electrons. The predicted octanol–water partition coefficient (Wildman–Crippen LogP) is 3.88. The quantitative estimate of drug-likeness (QED) is 0.738. The van der Waals surface area contributed by atoms with Gasteiger partial charge in [-0.2, -0.15) is 0 Å². The van der Waals surface area contributed by atoms with E-state index in [0.717, 1.165) is 19.4 Å². The summed E-state index contributed by atoms with van der Waals surface area (Å²) in [7, 11) is 0. The van der Waals surface area contributed by atoms with Crippen molar-refractivity contribution in [3.63, 3.8) is 0 Å². The van der Waals surface area contributed by atoms with E-state index in [2.05, 4.69) is 53.2 Å². The van der Waals surface area contributed by atoms with Crippen LogP contribution in [0.2, 0.25) is 0 Å². The second-order valence-electron chi connectivity index (χ2n) is 4.63. The van der Waals surface area contributed by atoms with Crippen molar-refractivity contribution >= 4 is 21.6 Å². The van der Waals surface area contributed by atoms with Crippen LogP contribution in [-0.2, 0) is 5.41 Å². The summed E-state index contributed by atoms with van der Waals surface area (Å²) in [6.45, 7) is 3.16. The zero-order valence-corrected chi connectivity index (χ0v) is 10.9. The van der Waals surface area contributed by atoms with Crippen molar-refractivity contribution in [2.24, 2.45) is 4.99 Å². The zero-order valence-electron chi connectivity index (χ0n) is 9.33. The van der Waals surface area contributed by atoms with Crippen LogP contribution < -0.4 is 0 Å². The van der Waals surface area contributed by atoms with Crippen LogP contribution in [0.3, 0.4) is 0 Å². The SMILES string of the molecule is CC1=CC[C@]2(c3ccccc3Br)CCN=C12. The van der Waals surface area contributed by atoms with Crippen molar-refractivity contribution in [3.8, 4) is 0 Å². The van der Waals surface area contributed by atoms with Gasteiger partial charge in [0.25, 0.3) is 0 Å². The van der Waals surface area contributed by atoms with Crippen LogP contribution in [0.5, 0.6) is 0 Å². The van der Waals surface area contributed by atoms with Crippen LogP contribution in [0, 0.1) is 0 Å². The highest BCUT2D eigenvalue weighted by atomic mass is 79.9. The minimum absolute atomic E-state index is 0.171. The molecule has 0 spiro atoms. The number of aliphatic imine (C=N–C) groups is 1. The first-order chi connectivity index (χ1) is 7.74. The van der Waals surface area contributed by atoms with E-state index in [1.165, 1.54) is 21.3 Å². The third-order valence-electron chi connectivity index (χ3n) is 3.78. The Labute approximate surface area is 104 Å². The molecule has 0 unspecified atom stereocenters. The summed E-state index contributed by atoms with van der Waals surface area (Å²) in [4.78, 5) is 4.70. The Bertz CT molecular complexity index is 501. The molecule has 2 aliphatic rings. The van der Waals surface area contributed by atoms with E-state index in [1.807, 2.05) is 0 Å². The normalized spacial score (nSPS) is 27.6. The molecule has 1 atom stereocenters. The van der Waals surface area contributed by atoms with E-state index in [1.54, 1.807) is 0 Å². The Morgan fingerprint density at radius 2 is 2.12 bits per heavy atom. The number of nitrogens with zero attached hydrogens (tertiary/aromatic N) is 1. The maximum atomic E-state index is 4.70. The molecule has 0 radical (unpaired) electrons. The molecule has 1 aliphatic heterocycles. The summed E-state index contributed by atoms with van der Waals surface area (Å²) in [5, 5.41) is 0. The van der Waals surface area contributed by atoms with Crippen molar-refractivity contribution in [3.05, 3.63) is 46.0 Å². The summed E-state index contributed by atoms with van der Waals surface area (Å²) in [5.74, 6) is 0. The molecule has 1 aliphatic carbocycles. The van der Waals surface area contributed by atoms with Gasteiger partial charge >= 0.3 is 0 Å². The highest BCUT2D eigenvalue weighted by Gasteiger charge is 2.44. The number of allylic oxidation sites excluding steroid dienone is 2. The highest BCUT2D eigenvalue weighted by molar-refractivity contribution is 9.10. The molecule has 0 aromatic heterocycles. The molecule has 1 heterocycles. The molecule has 1 aromatic rings. The van der Waals surface area contributed by atoms with Crippen LogP contribution in [0.1, 0.15) is 25.3 Å². The molecule has 1 aromatic carbocycles. The molecule has 0 saturated heterocycles. The lowest BCUT2D eigenvalue weighted by Crippen LogP contribution is -2.29. The zero-order chi connectivity index (χ0) is 11.2. The smallest absolute Gasteiger partial charge is 0.0484 e. The van der Waals surface area contributed by atoms with Crippen LogP contribution >= 0.6 is 15.9 Å². The fourth-order valence-corrected chi connectivity index (χ4v) is 3.64. The molecule has 0 bridgehead atoms. The molecule has 0 N–H and O–H groups in total. The molecular weight excluding hydrogens is 262 g/mol. The summed E-state index contributed by atoms with van der Waals surface area (Å²) in [6.07, 6.45) is 4.59. The lowest BCUT2D eigenvalue weighted by Gasteiger charge is -2.27. The van der Waals surface area contributed by atoms with Gasteiger partial charge in [0.2, 0.25) is 0 Å². The van der Waals surface area contributed by atoms with E-state index < -0.39 is 0 Å². The third kappa shape index (κ3) is 1.26. The van der Waals surface area contributed by atoms with Crippen molar-refractivity contribution in [1.29, 1.82) is 0 Å². The van der Waals surface area contributed by atoms with Gasteiger partial charge in [-0.15, -0.1) is 0 Å². The Balaban J connectivity index is 2.15.